The first kappa shape index (κ1) is 34.4. The molecule has 0 amide bonds. The molecule has 2 nitrogen and oxygen atoms in total. The van der Waals surface area contributed by atoms with Gasteiger partial charge in [-0.2, -0.15) is 0 Å². The average Bonchev–Trinajstić information content (AvgIpc) is 3.63. The highest BCUT2D eigenvalue weighted by Crippen LogP contribution is 2.51. The van der Waals surface area contributed by atoms with Crippen LogP contribution in [0.4, 0.5) is 11.4 Å². The van der Waals surface area contributed by atoms with Crippen LogP contribution in [0.3, 0.4) is 0 Å². The molecule has 55 heavy (non-hydrogen) atoms. The first-order valence-corrected chi connectivity index (χ1v) is 19.4. The molecule has 0 saturated carbocycles. The second-order valence-corrected chi connectivity index (χ2v) is 15.5. The van der Waals surface area contributed by atoms with Crippen molar-refractivity contribution in [2.24, 2.45) is 0 Å². The van der Waals surface area contributed by atoms with Crippen molar-refractivity contribution in [3.05, 3.63) is 211 Å². The van der Waals surface area contributed by atoms with E-state index in [0.29, 0.717) is 0 Å². The lowest BCUT2D eigenvalue weighted by Gasteiger charge is -2.37. The van der Waals surface area contributed by atoms with Gasteiger partial charge in [0.15, 0.2) is 0 Å². The molecule has 9 rings (SSSR count). The molecule has 2 aliphatic carbocycles. The third-order valence-corrected chi connectivity index (χ3v) is 12.0. The van der Waals surface area contributed by atoms with Gasteiger partial charge in [-0.3, -0.25) is 0 Å². The zero-order valence-corrected chi connectivity index (χ0v) is 32.2. The largest absolute Gasteiger partial charge is 0.334 e. The normalized spacial score (nSPS) is 15.8. The Labute approximate surface area is 325 Å². The van der Waals surface area contributed by atoms with E-state index in [-0.39, 0.29) is 11.5 Å². The third-order valence-electron chi connectivity index (χ3n) is 12.0. The summed E-state index contributed by atoms with van der Waals surface area (Å²) in [4.78, 5) is 2.55. The van der Waals surface area contributed by atoms with Crippen molar-refractivity contribution in [3.63, 3.8) is 0 Å². The fourth-order valence-corrected chi connectivity index (χ4v) is 9.23. The Morgan fingerprint density at radius 1 is 0.745 bits per heavy atom. The summed E-state index contributed by atoms with van der Waals surface area (Å²) in [5.41, 5.74) is 16.8. The summed E-state index contributed by atoms with van der Waals surface area (Å²) >= 11 is 0. The molecular formula is C53H46N2. The molecule has 0 N–H and O–H groups in total. The monoisotopic (exact) mass is 710 g/mol. The van der Waals surface area contributed by atoms with E-state index in [9.17, 15) is 0 Å². The summed E-state index contributed by atoms with van der Waals surface area (Å²) in [7, 11) is 0. The minimum atomic E-state index is -0.0491. The quantitative estimate of drug-likeness (QED) is 0.143. The minimum absolute atomic E-state index is 0.0491. The smallest absolute Gasteiger partial charge is 0.0563 e. The molecular weight excluding hydrogens is 665 g/mol. The predicted molar refractivity (Wildman–Crippen MR) is 236 cm³/mol. The molecule has 0 spiro atoms. The van der Waals surface area contributed by atoms with E-state index in [1.54, 1.807) is 0 Å². The van der Waals surface area contributed by atoms with E-state index < -0.39 is 0 Å². The Bertz CT molecular complexity index is 2740. The second-order valence-electron chi connectivity index (χ2n) is 15.5. The molecule has 0 radical (unpaired) electrons. The van der Waals surface area contributed by atoms with Crippen LogP contribution in [-0.4, -0.2) is 10.6 Å². The first-order chi connectivity index (χ1) is 26.8. The fourth-order valence-electron chi connectivity index (χ4n) is 9.23. The molecule has 0 fully saturated rings. The molecule has 1 aromatic heterocycles. The van der Waals surface area contributed by atoms with Crippen molar-refractivity contribution in [1.82, 2.24) is 4.57 Å². The van der Waals surface area contributed by atoms with E-state index in [1.165, 1.54) is 49.6 Å². The van der Waals surface area contributed by atoms with E-state index in [0.717, 1.165) is 51.4 Å². The number of anilines is 2. The fraction of sp³-hybridized carbons (Fsp3) is 0.132. The summed E-state index contributed by atoms with van der Waals surface area (Å²) in [6.45, 7) is 18.1. The molecule has 6 aromatic carbocycles. The van der Waals surface area contributed by atoms with Gasteiger partial charge in [-0.05, 0) is 101 Å². The van der Waals surface area contributed by atoms with Crippen LogP contribution >= 0.6 is 0 Å². The van der Waals surface area contributed by atoms with E-state index in [2.05, 4.69) is 201 Å². The van der Waals surface area contributed by atoms with Crippen molar-refractivity contribution in [2.45, 2.75) is 45.6 Å². The van der Waals surface area contributed by atoms with E-state index in [1.807, 2.05) is 13.0 Å². The van der Waals surface area contributed by atoms with Crippen molar-refractivity contribution >= 4 is 44.2 Å². The third kappa shape index (κ3) is 5.63. The number of rotatable bonds is 8. The van der Waals surface area contributed by atoms with E-state index >= 15 is 0 Å². The number of benzene rings is 6. The van der Waals surface area contributed by atoms with Crippen LogP contribution in [0.25, 0.3) is 49.6 Å². The van der Waals surface area contributed by atoms with Gasteiger partial charge in [-0.1, -0.05) is 161 Å². The lowest BCUT2D eigenvalue weighted by molar-refractivity contribution is 0.585. The number of aromatic nitrogens is 1. The molecule has 268 valence electrons. The van der Waals surface area contributed by atoms with Crippen LogP contribution in [0.5, 0.6) is 0 Å². The van der Waals surface area contributed by atoms with Gasteiger partial charge in [0.1, 0.15) is 0 Å². The summed E-state index contributed by atoms with van der Waals surface area (Å²) in [6, 6.07) is 51.1. The van der Waals surface area contributed by atoms with Gasteiger partial charge in [0, 0.05) is 38.8 Å². The highest BCUT2D eigenvalue weighted by molar-refractivity contribution is 6.03. The molecule has 7 aromatic rings. The zero-order valence-electron chi connectivity index (χ0n) is 32.2. The zero-order chi connectivity index (χ0) is 37.8. The number of fused-ring (bicyclic) bond motifs is 4. The Morgan fingerprint density at radius 2 is 1.44 bits per heavy atom. The van der Waals surface area contributed by atoms with Gasteiger partial charge in [0.2, 0.25) is 0 Å². The van der Waals surface area contributed by atoms with Crippen LogP contribution in [-0.2, 0) is 5.41 Å². The summed E-state index contributed by atoms with van der Waals surface area (Å²) in [6.07, 6.45) is 9.84. The van der Waals surface area contributed by atoms with Gasteiger partial charge in [0.05, 0.1) is 17.2 Å². The Morgan fingerprint density at radius 3 is 2.24 bits per heavy atom. The van der Waals surface area contributed by atoms with Crippen LogP contribution in [0, 0.1) is 6.92 Å². The van der Waals surface area contributed by atoms with Gasteiger partial charge in [0.25, 0.3) is 0 Å². The number of hydrogen-bond acceptors (Lipinski definition) is 1. The van der Waals surface area contributed by atoms with Gasteiger partial charge in [-0.25, -0.2) is 0 Å². The predicted octanol–water partition coefficient (Wildman–Crippen LogP) is 14.1. The van der Waals surface area contributed by atoms with Crippen LogP contribution in [0.2, 0.25) is 0 Å². The molecule has 0 saturated heterocycles. The molecule has 0 bridgehead atoms. The topological polar surface area (TPSA) is 8.17 Å². The summed E-state index contributed by atoms with van der Waals surface area (Å²) in [5.74, 6) is 0. The van der Waals surface area contributed by atoms with Gasteiger partial charge < -0.3 is 9.47 Å². The Kier molecular flexibility index (Phi) is 8.43. The number of nitrogens with zero attached hydrogens (tertiary/aromatic N) is 2. The number of allylic oxidation sites excluding steroid dienone is 6. The number of hydrogen-bond donors (Lipinski definition) is 0. The summed E-state index contributed by atoms with van der Waals surface area (Å²) in [5, 5.41) is 3.60. The molecule has 1 unspecified atom stereocenters. The highest BCUT2D eigenvalue weighted by Gasteiger charge is 2.40. The highest BCUT2D eigenvalue weighted by atomic mass is 15.2. The van der Waals surface area contributed by atoms with Crippen molar-refractivity contribution in [3.8, 4) is 16.8 Å². The SMILES string of the molecule is C=C(/C=C\C)C(=C)c1c(C)n(-c2cccc3ccccc23)c2cc(N(c3ccc(-c4ccccc4)cc3)C3C=CC4=C(C3)C(C)(C)c3ccccc34)ccc12. The molecule has 1 atom stereocenters. The lowest BCUT2D eigenvalue weighted by atomic mass is 9.77. The van der Waals surface area contributed by atoms with Crippen LogP contribution < -0.4 is 4.90 Å². The van der Waals surface area contributed by atoms with Gasteiger partial charge >= 0.3 is 0 Å². The van der Waals surface area contributed by atoms with Crippen LogP contribution in [0.1, 0.15) is 49.6 Å². The average molecular weight is 711 g/mol. The van der Waals surface area contributed by atoms with Crippen molar-refractivity contribution < 1.29 is 0 Å². The maximum atomic E-state index is 4.61. The van der Waals surface area contributed by atoms with Crippen molar-refractivity contribution in [1.29, 1.82) is 0 Å². The first-order valence-electron chi connectivity index (χ1n) is 19.4. The van der Waals surface area contributed by atoms with E-state index in [4.69, 9.17) is 0 Å². The van der Waals surface area contributed by atoms with Crippen molar-refractivity contribution in [2.75, 3.05) is 4.90 Å². The molecule has 2 heteroatoms. The van der Waals surface area contributed by atoms with Crippen LogP contribution in [0.15, 0.2) is 188 Å². The standard InChI is InChI=1S/C53H46N2/c1-7-16-35(2)36(3)52-37(4)54(50-24-15-20-40-19-11-12-21-44(40)50)51-34-43(30-32-47(51)52)55(41-27-25-39(26-28-41)38-17-9-8-10-18-38)42-29-31-46-45-22-13-14-23-48(45)53(5,6)49(46)33-42/h7-32,34,42H,2-3,33H2,1,4-6H3/b16-7-. The van der Waals surface area contributed by atoms with Gasteiger partial charge in [-0.15, -0.1) is 0 Å². The second kappa shape index (κ2) is 13.5. The summed E-state index contributed by atoms with van der Waals surface area (Å²) < 4.78 is 2.44. The Hall–Kier alpha value is -6.38. The lowest BCUT2D eigenvalue weighted by Crippen LogP contribution is -2.33. The maximum absolute atomic E-state index is 4.61. The molecule has 0 aliphatic heterocycles. The molecule has 1 heterocycles. The minimum Gasteiger partial charge on any atom is -0.334 e. The Balaban J connectivity index is 1.24. The maximum Gasteiger partial charge on any atom is 0.0563 e. The molecule has 2 aliphatic rings.